The Morgan fingerprint density at radius 1 is 1.25 bits per heavy atom. The topological polar surface area (TPSA) is 103 Å². The predicted molar refractivity (Wildman–Crippen MR) is 115 cm³/mol. The molecule has 1 unspecified atom stereocenters. The van der Waals surface area contributed by atoms with Crippen LogP contribution in [0.3, 0.4) is 0 Å². The first-order valence-corrected chi connectivity index (χ1v) is 11.5. The first-order valence-electron chi connectivity index (χ1n) is 11.5. The van der Waals surface area contributed by atoms with Crippen molar-refractivity contribution in [2.75, 3.05) is 20.2 Å². The van der Waals surface area contributed by atoms with Crippen LogP contribution >= 0.6 is 0 Å². The van der Waals surface area contributed by atoms with Gasteiger partial charge in [0.2, 0.25) is 0 Å². The van der Waals surface area contributed by atoms with Crippen LogP contribution in [-0.2, 0) is 23.7 Å². The molecule has 4 atom stereocenters. The number of benzene rings is 1. The summed E-state index contributed by atoms with van der Waals surface area (Å²) < 4.78 is 5.53. The van der Waals surface area contributed by atoms with Crippen LogP contribution < -0.4 is 10.3 Å². The molecule has 3 N–H and O–H groups in total. The van der Waals surface area contributed by atoms with Crippen molar-refractivity contribution < 1.29 is 19.7 Å². The van der Waals surface area contributed by atoms with Crippen LogP contribution in [0.2, 0.25) is 0 Å². The molecule has 2 bridgehead atoms. The van der Waals surface area contributed by atoms with Crippen molar-refractivity contribution in [3.05, 3.63) is 62.6 Å². The molecule has 1 saturated heterocycles. The van der Waals surface area contributed by atoms with Crippen molar-refractivity contribution in [1.29, 1.82) is 0 Å². The minimum atomic E-state index is -1.24. The lowest BCUT2D eigenvalue weighted by Gasteiger charge is -2.62. The minimum Gasteiger partial charge on any atom is -0.497 e. The number of aromatic nitrogens is 1. The number of hydrogen-bond acceptors (Lipinski definition) is 5. The van der Waals surface area contributed by atoms with Crippen molar-refractivity contribution in [1.82, 2.24) is 9.88 Å². The van der Waals surface area contributed by atoms with Crippen LogP contribution in [0.5, 0.6) is 5.75 Å². The number of carbonyl (C=O) groups is 1. The maximum atomic E-state index is 12.5. The fraction of sp³-hybridized carbons (Fsp3) is 0.520. The third kappa shape index (κ3) is 2.01. The molecule has 2 saturated carbocycles. The highest BCUT2D eigenvalue weighted by molar-refractivity contribution is 5.87. The molecule has 7 rings (SSSR count). The number of methoxy groups -OCH3 is 1. The first-order chi connectivity index (χ1) is 15.3. The molecule has 4 aliphatic carbocycles. The largest absolute Gasteiger partial charge is 0.497 e. The number of rotatable bonds is 4. The number of carboxylic acids is 1. The molecule has 0 amide bonds. The predicted octanol–water partition coefficient (Wildman–Crippen LogP) is 1.60. The van der Waals surface area contributed by atoms with Crippen molar-refractivity contribution in [2.24, 2.45) is 5.92 Å². The molecule has 166 valence electrons. The Bertz CT molecular complexity index is 1270. The second-order valence-electron chi connectivity index (χ2n) is 10.7. The number of aliphatic hydroxyl groups is 1. The number of carboxylic acid groups (broad SMARTS) is 1. The number of ether oxygens (including phenoxy) is 1. The Balaban J connectivity index is 1.43. The van der Waals surface area contributed by atoms with Crippen LogP contribution in [0.4, 0.5) is 0 Å². The fourth-order valence-electron chi connectivity index (χ4n) is 7.84. The van der Waals surface area contributed by atoms with Crippen molar-refractivity contribution in [2.45, 2.75) is 54.6 Å². The molecule has 2 spiro atoms. The third-order valence-corrected chi connectivity index (χ3v) is 9.12. The summed E-state index contributed by atoms with van der Waals surface area (Å²) in [6.45, 7) is 1.97. The third-order valence-electron chi connectivity index (χ3n) is 9.12. The van der Waals surface area contributed by atoms with Crippen LogP contribution in [0.1, 0.15) is 52.0 Å². The zero-order chi connectivity index (χ0) is 22.0. The fourth-order valence-corrected chi connectivity index (χ4v) is 7.84. The number of nitrogens with zero attached hydrogens (tertiary/aromatic N) is 1. The van der Waals surface area contributed by atoms with Gasteiger partial charge in [-0.15, -0.1) is 0 Å². The summed E-state index contributed by atoms with van der Waals surface area (Å²) in [5.74, 6) is 0.266. The van der Waals surface area contributed by atoms with Gasteiger partial charge in [0.25, 0.3) is 5.56 Å². The van der Waals surface area contributed by atoms with Gasteiger partial charge in [0, 0.05) is 42.5 Å². The van der Waals surface area contributed by atoms with Gasteiger partial charge in [0.05, 0.1) is 18.8 Å². The normalized spacial score (nSPS) is 36.0. The van der Waals surface area contributed by atoms with Gasteiger partial charge in [-0.3, -0.25) is 9.69 Å². The van der Waals surface area contributed by atoms with E-state index in [2.05, 4.69) is 22.0 Å². The summed E-state index contributed by atoms with van der Waals surface area (Å²) in [5.41, 5.74) is 1.50. The Labute approximate surface area is 185 Å². The summed E-state index contributed by atoms with van der Waals surface area (Å²) in [5, 5.41) is 22.0. The number of hydrogen-bond donors (Lipinski definition) is 3. The summed E-state index contributed by atoms with van der Waals surface area (Å²) in [6, 6.07) is 7.77. The van der Waals surface area contributed by atoms with Crippen LogP contribution in [0.25, 0.3) is 0 Å². The van der Waals surface area contributed by atoms with Crippen LogP contribution in [-0.4, -0.2) is 57.9 Å². The molecule has 2 heterocycles. The molecule has 1 aliphatic heterocycles. The van der Waals surface area contributed by atoms with Crippen molar-refractivity contribution in [3.63, 3.8) is 0 Å². The highest BCUT2D eigenvalue weighted by Gasteiger charge is 2.81. The highest BCUT2D eigenvalue weighted by Crippen LogP contribution is 2.73. The van der Waals surface area contributed by atoms with Gasteiger partial charge in [0.15, 0.2) is 0 Å². The van der Waals surface area contributed by atoms with E-state index in [9.17, 15) is 19.8 Å². The number of pyridine rings is 1. The van der Waals surface area contributed by atoms with E-state index < -0.39 is 22.5 Å². The van der Waals surface area contributed by atoms with E-state index in [-0.39, 0.29) is 17.0 Å². The molecule has 1 aromatic carbocycles. The molecule has 7 heteroatoms. The Morgan fingerprint density at radius 3 is 2.78 bits per heavy atom. The van der Waals surface area contributed by atoms with Gasteiger partial charge < -0.3 is 19.9 Å². The minimum absolute atomic E-state index is 0.0184. The molecule has 0 radical (unpaired) electrons. The molecule has 3 fully saturated rings. The van der Waals surface area contributed by atoms with E-state index in [0.29, 0.717) is 12.8 Å². The van der Waals surface area contributed by atoms with Gasteiger partial charge in [-0.1, -0.05) is 6.07 Å². The van der Waals surface area contributed by atoms with Crippen LogP contribution in [0.15, 0.2) is 29.1 Å². The number of likely N-dealkylation sites (tertiary alicyclic amines) is 1. The van der Waals surface area contributed by atoms with E-state index in [1.165, 1.54) is 24.5 Å². The number of aromatic amines is 1. The second kappa shape index (κ2) is 5.64. The van der Waals surface area contributed by atoms with Gasteiger partial charge >= 0.3 is 5.97 Å². The van der Waals surface area contributed by atoms with Gasteiger partial charge in [-0.05, 0) is 60.1 Å². The van der Waals surface area contributed by atoms with E-state index >= 15 is 0 Å². The number of nitrogens with one attached hydrogen (secondary N) is 1. The quantitative estimate of drug-likeness (QED) is 0.676. The molecule has 1 aromatic heterocycles. The average Bonchev–Trinajstić information content (AvgIpc) is 3.48. The number of H-pyrrole nitrogens is 1. The second-order valence-corrected chi connectivity index (χ2v) is 10.7. The molecular weight excluding hydrogens is 408 g/mol. The Kier molecular flexibility index (Phi) is 3.33. The lowest BCUT2D eigenvalue weighted by molar-refractivity contribution is -0.136. The lowest BCUT2D eigenvalue weighted by Crippen LogP contribution is -2.75. The molecule has 7 nitrogen and oxygen atoms in total. The molecule has 5 aliphatic rings. The first kappa shape index (κ1) is 18.9. The standard InChI is InChI=1S/C25H26N2O5/c1-32-15-4-5-17-18(7-15)24-9-19-14(6-16(21(29)30)20(28)26-19)8-25(24,31)22-23(17,11-24)12-27(22)10-13-2-3-13/h4-7,13,22,31H,2-3,8-12H2,1H3,(H,26,28)(H,29,30)/t22-,23?,24+,25-/m1/s1. The summed E-state index contributed by atoms with van der Waals surface area (Å²) >= 11 is 0. The summed E-state index contributed by atoms with van der Waals surface area (Å²) in [4.78, 5) is 29.4. The lowest BCUT2D eigenvalue weighted by atomic mass is 9.55. The van der Waals surface area contributed by atoms with Gasteiger partial charge in [0.1, 0.15) is 11.3 Å². The Morgan fingerprint density at radius 2 is 2.06 bits per heavy atom. The number of aromatic carboxylic acids is 1. The van der Waals surface area contributed by atoms with Gasteiger partial charge in [-0.25, -0.2) is 4.79 Å². The SMILES string of the molecule is COc1ccc2c(c1)[C@@]13Cc4[nH]c(=O)c(C(=O)O)cc4C[C@@]1(O)[C@@H]1N(CC4CC4)CC21C3. The molecular formula is C25H26N2O5. The monoisotopic (exact) mass is 434 g/mol. The van der Waals surface area contributed by atoms with Gasteiger partial charge in [-0.2, -0.15) is 0 Å². The summed E-state index contributed by atoms with van der Waals surface area (Å²) in [7, 11) is 1.65. The van der Waals surface area contributed by atoms with E-state index in [1.807, 2.05) is 6.07 Å². The maximum absolute atomic E-state index is 12.5. The molecule has 2 aromatic rings. The van der Waals surface area contributed by atoms with Crippen molar-refractivity contribution in [3.8, 4) is 5.75 Å². The number of fused-ring (bicyclic) bond motifs is 3. The van der Waals surface area contributed by atoms with E-state index in [0.717, 1.165) is 48.0 Å². The Hall–Kier alpha value is -2.64. The average molecular weight is 434 g/mol. The molecule has 32 heavy (non-hydrogen) atoms. The van der Waals surface area contributed by atoms with Crippen molar-refractivity contribution >= 4 is 5.97 Å². The zero-order valence-electron chi connectivity index (χ0n) is 18.0. The van der Waals surface area contributed by atoms with E-state index in [1.54, 1.807) is 7.11 Å². The zero-order valence-corrected chi connectivity index (χ0v) is 18.0. The maximum Gasteiger partial charge on any atom is 0.341 e. The summed E-state index contributed by atoms with van der Waals surface area (Å²) in [6.07, 6.45) is 4.24. The van der Waals surface area contributed by atoms with Crippen LogP contribution in [0, 0.1) is 5.92 Å². The smallest absolute Gasteiger partial charge is 0.341 e. The highest BCUT2D eigenvalue weighted by atomic mass is 16.5. The van der Waals surface area contributed by atoms with E-state index in [4.69, 9.17) is 4.74 Å².